The molecule has 1 aliphatic carbocycles. The fourth-order valence-electron chi connectivity index (χ4n) is 2.58. The van der Waals surface area contributed by atoms with E-state index in [2.05, 4.69) is 22.5 Å². The first-order chi connectivity index (χ1) is 8.80. The van der Waals surface area contributed by atoms with Gasteiger partial charge < -0.3 is 15.4 Å². The SMILES string of the molecule is CCC1CCC(CNC(=NC)NCCOC)CC1. The van der Waals surface area contributed by atoms with Crippen LogP contribution >= 0.6 is 0 Å². The summed E-state index contributed by atoms with van der Waals surface area (Å²) in [4.78, 5) is 4.21. The van der Waals surface area contributed by atoms with Gasteiger partial charge in [-0.1, -0.05) is 26.2 Å². The molecule has 0 heterocycles. The summed E-state index contributed by atoms with van der Waals surface area (Å²) >= 11 is 0. The molecule has 4 heteroatoms. The highest BCUT2D eigenvalue weighted by molar-refractivity contribution is 5.79. The molecule has 1 fully saturated rings. The third-order valence-electron chi connectivity index (χ3n) is 3.92. The molecule has 1 saturated carbocycles. The first kappa shape index (κ1) is 15.3. The van der Waals surface area contributed by atoms with Gasteiger partial charge in [-0.25, -0.2) is 0 Å². The predicted molar refractivity (Wildman–Crippen MR) is 77.0 cm³/mol. The van der Waals surface area contributed by atoms with Crippen LogP contribution in [0.1, 0.15) is 39.0 Å². The van der Waals surface area contributed by atoms with Crippen molar-refractivity contribution in [2.75, 3.05) is 33.9 Å². The minimum atomic E-state index is 0.711. The highest BCUT2D eigenvalue weighted by atomic mass is 16.5. The molecule has 0 aliphatic heterocycles. The number of hydrogen-bond donors (Lipinski definition) is 2. The highest BCUT2D eigenvalue weighted by Crippen LogP contribution is 2.29. The van der Waals surface area contributed by atoms with E-state index in [4.69, 9.17) is 4.74 Å². The van der Waals surface area contributed by atoms with Crippen molar-refractivity contribution in [2.24, 2.45) is 16.8 Å². The number of rotatable bonds is 6. The third kappa shape index (κ3) is 5.71. The third-order valence-corrected chi connectivity index (χ3v) is 3.92. The van der Waals surface area contributed by atoms with Crippen LogP contribution in [0.15, 0.2) is 4.99 Å². The average Bonchev–Trinajstić information content (AvgIpc) is 2.43. The van der Waals surface area contributed by atoms with E-state index in [1.165, 1.54) is 32.1 Å². The van der Waals surface area contributed by atoms with Gasteiger partial charge in [0, 0.05) is 27.2 Å². The van der Waals surface area contributed by atoms with Crippen molar-refractivity contribution in [2.45, 2.75) is 39.0 Å². The Morgan fingerprint density at radius 3 is 2.39 bits per heavy atom. The zero-order chi connectivity index (χ0) is 13.2. The molecule has 1 rings (SSSR count). The average molecular weight is 255 g/mol. The molecule has 0 radical (unpaired) electrons. The Morgan fingerprint density at radius 2 is 1.83 bits per heavy atom. The van der Waals surface area contributed by atoms with Crippen LogP contribution in [-0.2, 0) is 4.74 Å². The van der Waals surface area contributed by atoms with Crippen LogP contribution in [0.25, 0.3) is 0 Å². The topological polar surface area (TPSA) is 45.7 Å². The molecule has 0 atom stereocenters. The Morgan fingerprint density at radius 1 is 1.17 bits per heavy atom. The van der Waals surface area contributed by atoms with Gasteiger partial charge in [-0.2, -0.15) is 0 Å². The highest BCUT2D eigenvalue weighted by Gasteiger charge is 2.19. The zero-order valence-electron chi connectivity index (χ0n) is 12.2. The molecule has 4 nitrogen and oxygen atoms in total. The van der Waals surface area contributed by atoms with E-state index >= 15 is 0 Å². The van der Waals surface area contributed by atoms with E-state index in [9.17, 15) is 0 Å². The fourth-order valence-corrected chi connectivity index (χ4v) is 2.58. The Labute approximate surface area is 112 Å². The van der Waals surface area contributed by atoms with Crippen LogP contribution < -0.4 is 10.6 Å². The quantitative estimate of drug-likeness (QED) is 0.433. The molecule has 0 aromatic carbocycles. The molecule has 106 valence electrons. The standard InChI is InChI=1S/C14H29N3O/c1-4-12-5-7-13(8-6-12)11-17-14(15-2)16-9-10-18-3/h12-13H,4-11H2,1-3H3,(H2,15,16,17). The van der Waals surface area contributed by atoms with Crippen LogP contribution in [0.4, 0.5) is 0 Å². The summed E-state index contributed by atoms with van der Waals surface area (Å²) in [5.41, 5.74) is 0. The molecule has 2 N–H and O–H groups in total. The smallest absolute Gasteiger partial charge is 0.191 e. The van der Waals surface area contributed by atoms with Gasteiger partial charge >= 0.3 is 0 Å². The van der Waals surface area contributed by atoms with Gasteiger partial charge in [-0.15, -0.1) is 0 Å². The number of nitrogens with zero attached hydrogens (tertiary/aromatic N) is 1. The van der Waals surface area contributed by atoms with Crippen LogP contribution in [0.2, 0.25) is 0 Å². The second-order valence-electron chi connectivity index (χ2n) is 5.17. The van der Waals surface area contributed by atoms with Crippen molar-refractivity contribution >= 4 is 5.96 Å². The summed E-state index contributed by atoms with van der Waals surface area (Å²) in [6, 6.07) is 0. The van der Waals surface area contributed by atoms with Gasteiger partial charge in [0.15, 0.2) is 5.96 Å². The molecule has 18 heavy (non-hydrogen) atoms. The van der Waals surface area contributed by atoms with E-state index in [1.807, 2.05) is 7.05 Å². The molecule has 0 aromatic heterocycles. The summed E-state index contributed by atoms with van der Waals surface area (Å²) in [7, 11) is 3.53. The second-order valence-corrected chi connectivity index (χ2v) is 5.17. The van der Waals surface area contributed by atoms with E-state index in [0.29, 0.717) is 6.61 Å². The summed E-state index contributed by atoms with van der Waals surface area (Å²) in [6.07, 6.45) is 6.87. The lowest BCUT2D eigenvalue weighted by Crippen LogP contribution is -2.41. The molecule has 0 saturated heterocycles. The van der Waals surface area contributed by atoms with Crippen molar-refractivity contribution in [1.29, 1.82) is 0 Å². The van der Waals surface area contributed by atoms with Crippen molar-refractivity contribution in [3.8, 4) is 0 Å². The lowest BCUT2D eigenvalue weighted by molar-refractivity contribution is 0.203. The lowest BCUT2D eigenvalue weighted by atomic mass is 9.81. The fraction of sp³-hybridized carbons (Fsp3) is 0.929. The van der Waals surface area contributed by atoms with Gasteiger partial charge in [0.25, 0.3) is 0 Å². The van der Waals surface area contributed by atoms with Gasteiger partial charge in [0.05, 0.1) is 6.61 Å². The Balaban J connectivity index is 2.15. The maximum absolute atomic E-state index is 5.01. The molecule has 0 spiro atoms. The predicted octanol–water partition coefficient (Wildman–Crippen LogP) is 2.01. The van der Waals surface area contributed by atoms with E-state index in [-0.39, 0.29) is 0 Å². The van der Waals surface area contributed by atoms with Crippen molar-refractivity contribution in [3.63, 3.8) is 0 Å². The molecule has 0 amide bonds. The van der Waals surface area contributed by atoms with E-state index < -0.39 is 0 Å². The molecule has 1 aliphatic rings. The van der Waals surface area contributed by atoms with Crippen LogP contribution in [0.3, 0.4) is 0 Å². The summed E-state index contributed by atoms with van der Waals surface area (Å²) < 4.78 is 5.01. The second kappa shape index (κ2) is 9.20. The molecular formula is C14H29N3O. The molecule has 0 aromatic rings. The molecule has 0 bridgehead atoms. The molecular weight excluding hydrogens is 226 g/mol. The Hall–Kier alpha value is -0.770. The van der Waals surface area contributed by atoms with Crippen LogP contribution in [-0.4, -0.2) is 39.8 Å². The van der Waals surface area contributed by atoms with Crippen LogP contribution in [0.5, 0.6) is 0 Å². The number of methoxy groups -OCH3 is 1. The van der Waals surface area contributed by atoms with Gasteiger partial charge in [-0.3, -0.25) is 4.99 Å². The number of guanidine groups is 1. The Kier molecular flexibility index (Phi) is 7.81. The maximum atomic E-state index is 5.01. The number of nitrogens with one attached hydrogen (secondary N) is 2. The van der Waals surface area contributed by atoms with E-state index in [0.717, 1.165) is 30.9 Å². The van der Waals surface area contributed by atoms with E-state index in [1.54, 1.807) is 7.11 Å². The monoisotopic (exact) mass is 255 g/mol. The number of aliphatic imine (C=N–C) groups is 1. The first-order valence-electron chi connectivity index (χ1n) is 7.23. The minimum Gasteiger partial charge on any atom is -0.383 e. The first-order valence-corrected chi connectivity index (χ1v) is 7.23. The zero-order valence-corrected chi connectivity index (χ0v) is 12.2. The van der Waals surface area contributed by atoms with Gasteiger partial charge in [-0.05, 0) is 24.7 Å². The van der Waals surface area contributed by atoms with Crippen LogP contribution in [0, 0.1) is 11.8 Å². The largest absolute Gasteiger partial charge is 0.383 e. The van der Waals surface area contributed by atoms with Crippen molar-refractivity contribution in [3.05, 3.63) is 0 Å². The maximum Gasteiger partial charge on any atom is 0.191 e. The number of ether oxygens (including phenoxy) is 1. The minimum absolute atomic E-state index is 0.711. The summed E-state index contributed by atoms with van der Waals surface area (Å²) in [5.74, 6) is 2.68. The van der Waals surface area contributed by atoms with Crippen molar-refractivity contribution < 1.29 is 4.74 Å². The summed E-state index contributed by atoms with van der Waals surface area (Å²) in [5, 5.41) is 6.66. The molecule has 0 unspecified atom stereocenters. The normalized spacial score (nSPS) is 24.9. The Bertz CT molecular complexity index is 235. The summed E-state index contributed by atoms with van der Waals surface area (Å²) in [6.45, 7) is 4.87. The van der Waals surface area contributed by atoms with Gasteiger partial charge in [0.1, 0.15) is 0 Å². The van der Waals surface area contributed by atoms with Crippen molar-refractivity contribution in [1.82, 2.24) is 10.6 Å². The lowest BCUT2D eigenvalue weighted by Gasteiger charge is -2.28. The number of hydrogen-bond acceptors (Lipinski definition) is 2. The van der Waals surface area contributed by atoms with Gasteiger partial charge in [0.2, 0.25) is 0 Å².